The molecule has 0 bridgehead atoms. The van der Waals surface area contributed by atoms with Crippen LogP contribution in [0.4, 0.5) is 31.1 Å². The summed E-state index contributed by atoms with van der Waals surface area (Å²) in [5.41, 5.74) is -0.971. The average molecular weight is 395 g/mol. The molecule has 0 aliphatic carbocycles. The Morgan fingerprint density at radius 3 is 1.61 bits per heavy atom. The number of halogens is 6. The highest BCUT2D eigenvalue weighted by molar-refractivity contribution is 6.55. The van der Waals surface area contributed by atoms with E-state index < -0.39 is 52.6 Å². The third-order valence-electron chi connectivity index (χ3n) is 4.12. The summed E-state index contributed by atoms with van der Waals surface area (Å²) in [6.45, 7) is 4.67. The maximum absolute atomic E-state index is 12.7. The quantitative estimate of drug-likeness (QED) is 0.463. The fourth-order valence-corrected chi connectivity index (χ4v) is 2.94. The van der Waals surface area contributed by atoms with E-state index in [1.54, 1.807) is 20.8 Å². The molecule has 1 aliphatic heterocycles. The molecular weight excluding hydrogens is 383 g/mol. The molecule has 2 unspecified atom stereocenters. The standard InChI is InChI=1S/C12H12B6F6N2O2/c1-8(2,3)26-5(14)4(13)25(11(15,16)12(26,17)18)7(27)28-6(9(19,20)21)10(22,23)24/h4-6H,1-3H3. The Morgan fingerprint density at radius 1 is 0.893 bits per heavy atom. The van der Waals surface area contributed by atoms with Gasteiger partial charge < -0.3 is 14.5 Å². The van der Waals surface area contributed by atoms with Crippen molar-refractivity contribution in [3.8, 4) is 0 Å². The Bertz CT molecular complexity index is 595. The summed E-state index contributed by atoms with van der Waals surface area (Å²) >= 11 is 0. The van der Waals surface area contributed by atoms with Gasteiger partial charge >= 0.3 is 18.4 Å². The molecule has 4 nitrogen and oxygen atoms in total. The lowest BCUT2D eigenvalue weighted by atomic mass is 9.34. The molecule has 1 saturated heterocycles. The van der Waals surface area contributed by atoms with Crippen molar-refractivity contribution in [2.45, 2.75) is 67.3 Å². The van der Waals surface area contributed by atoms with Crippen molar-refractivity contribution in [2.75, 3.05) is 0 Å². The number of amides is 1. The maximum Gasteiger partial charge on any atom is 0.434 e. The van der Waals surface area contributed by atoms with E-state index in [0.717, 1.165) is 4.90 Å². The van der Waals surface area contributed by atoms with Crippen molar-refractivity contribution in [3.05, 3.63) is 0 Å². The summed E-state index contributed by atoms with van der Waals surface area (Å²) in [6, 6.07) is 0. The van der Waals surface area contributed by atoms with Crippen LogP contribution in [0, 0.1) is 0 Å². The van der Waals surface area contributed by atoms with Gasteiger partial charge in [-0.3, -0.25) is 0 Å². The van der Waals surface area contributed by atoms with E-state index in [9.17, 15) is 31.1 Å². The second-order valence-corrected chi connectivity index (χ2v) is 7.39. The van der Waals surface area contributed by atoms with Crippen LogP contribution in [0.1, 0.15) is 20.8 Å². The summed E-state index contributed by atoms with van der Waals surface area (Å²) in [4.78, 5) is 13.2. The number of alkyl halides is 6. The van der Waals surface area contributed by atoms with E-state index >= 15 is 0 Å². The van der Waals surface area contributed by atoms with Crippen LogP contribution in [0.2, 0.25) is 0 Å². The van der Waals surface area contributed by atoms with Gasteiger partial charge in [0.15, 0.2) is 0 Å². The Balaban J connectivity index is 3.39. The summed E-state index contributed by atoms with van der Waals surface area (Å²) in [5.74, 6) is -3.29. The van der Waals surface area contributed by atoms with E-state index in [4.69, 9.17) is 47.1 Å². The van der Waals surface area contributed by atoms with Crippen LogP contribution < -0.4 is 0 Å². The predicted octanol–water partition coefficient (Wildman–Crippen LogP) is 0.00310. The van der Waals surface area contributed by atoms with Crippen molar-refractivity contribution in [1.82, 2.24) is 9.80 Å². The zero-order chi connectivity index (χ0) is 22.7. The van der Waals surface area contributed by atoms with Gasteiger partial charge in [0.2, 0.25) is 0 Å². The van der Waals surface area contributed by atoms with Crippen LogP contribution in [-0.2, 0) is 4.74 Å². The van der Waals surface area contributed by atoms with Crippen LogP contribution in [-0.4, -0.2) is 110 Å². The Morgan fingerprint density at radius 2 is 1.29 bits per heavy atom. The van der Waals surface area contributed by atoms with Gasteiger partial charge in [0.25, 0.3) is 6.10 Å². The van der Waals surface area contributed by atoms with E-state index in [2.05, 4.69) is 4.74 Å². The van der Waals surface area contributed by atoms with Gasteiger partial charge in [-0.1, -0.05) is 0 Å². The van der Waals surface area contributed by atoms with Gasteiger partial charge in [0.05, 0.1) is 39.2 Å². The minimum Gasteiger partial charge on any atom is -0.427 e. The topological polar surface area (TPSA) is 32.8 Å². The first kappa shape index (κ1) is 25.2. The molecule has 1 fully saturated rings. The van der Waals surface area contributed by atoms with Crippen molar-refractivity contribution < 1.29 is 35.9 Å². The van der Waals surface area contributed by atoms with Crippen LogP contribution in [0.5, 0.6) is 0 Å². The normalized spacial score (nSPS) is 26.3. The molecule has 16 heteroatoms. The number of carbonyl (C=O) groups excluding carboxylic acids is 1. The third-order valence-corrected chi connectivity index (χ3v) is 4.12. The van der Waals surface area contributed by atoms with Gasteiger partial charge in [-0.2, -0.15) is 26.3 Å². The maximum atomic E-state index is 12.7. The molecule has 142 valence electrons. The Hall–Kier alpha value is -0.800. The van der Waals surface area contributed by atoms with Crippen LogP contribution in [0.25, 0.3) is 0 Å². The second-order valence-electron chi connectivity index (χ2n) is 7.39. The summed E-state index contributed by atoms with van der Waals surface area (Å²) < 4.78 is 79.7. The minimum atomic E-state index is -5.97. The number of ether oxygens (including phenoxy) is 1. The second kappa shape index (κ2) is 7.16. The lowest BCUT2D eigenvalue weighted by Gasteiger charge is -2.69. The Labute approximate surface area is 166 Å². The number of carbonyl (C=O) groups is 1. The fourth-order valence-electron chi connectivity index (χ4n) is 2.94. The molecule has 12 radical (unpaired) electrons. The van der Waals surface area contributed by atoms with Gasteiger partial charge in [-0.25, -0.2) is 4.79 Å². The van der Waals surface area contributed by atoms with E-state index in [-0.39, 0.29) is 4.90 Å². The summed E-state index contributed by atoms with van der Waals surface area (Å²) in [5, 5.41) is -5.19. The highest BCUT2D eigenvalue weighted by atomic mass is 19.4. The lowest BCUT2D eigenvalue weighted by molar-refractivity contribution is -0.309. The number of piperazine rings is 1. The van der Waals surface area contributed by atoms with Crippen molar-refractivity contribution in [3.63, 3.8) is 0 Å². The lowest BCUT2D eigenvalue weighted by Crippen LogP contribution is -2.86. The molecule has 0 N–H and O–H groups in total. The minimum absolute atomic E-state index is 0.0373. The van der Waals surface area contributed by atoms with Crippen LogP contribution >= 0.6 is 0 Å². The molecule has 0 saturated carbocycles. The fraction of sp³-hybridized carbons (Fsp3) is 0.917. The first-order valence-electron chi connectivity index (χ1n) is 7.67. The molecule has 0 aromatic heterocycles. The highest BCUT2D eigenvalue weighted by Gasteiger charge is 2.62. The van der Waals surface area contributed by atoms with Crippen molar-refractivity contribution >= 4 is 53.2 Å². The molecule has 28 heavy (non-hydrogen) atoms. The van der Waals surface area contributed by atoms with Crippen molar-refractivity contribution in [1.29, 1.82) is 0 Å². The number of nitrogens with zero attached hydrogens (tertiary/aromatic N) is 2. The first-order valence-corrected chi connectivity index (χ1v) is 7.67. The van der Waals surface area contributed by atoms with Gasteiger partial charge in [-0.15, -0.1) is 0 Å². The molecule has 1 rings (SSSR count). The van der Waals surface area contributed by atoms with E-state index in [1.165, 1.54) is 0 Å². The van der Waals surface area contributed by atoms with Gasteiger partial charge in [-0.05, 0) is 37.4 Å². The predicted molar refractivity (Wildman–Crippen MR) is 93.4 cm³/mol. The average Bonchev–Trinajstić information content (AvgIpc) is 2.38. The third kappa shape index (κ3) is 4.36. The van der Waals surface area contributed by atoms with Crippen LogP contribution in [0.3, 0.4) is 0 Å². The Kier molecular flexibility index (Phi) is 6.45. The molecule has 1 aliphatic rings. The monoisotopic (exact) mass is 396 g/mol. The number of hydrogen-bond donors (Lipinski definition) is 0. The molecule has 1 amide bonds. The van der Waals surface area contributed by atoms with Crippen LogP contribution in [0.15, 0.2) is 0 Å². The van der Waals surface area contributed by atoms with Gasteiger partial charge in [0.1, 0.15) is 7.85 Å². The van der Waals surface area contributed by atoms with Gasteiger partial charge in [0, 0.05) is 11.5 Å². The summed E-state index contributed by atoms with van der Waals surface area (Å²) in [7, 11) is 34.9. The highest BCUT2D eigenvalue weighted by Crippen LogP contribution is 2.41. The molecule has 2 atom stereocenters. The zero-order valence-corrected chi connectivity index (χ0v) is 15.2. The first-order chi connectivity index (χ1) is 12.1. The smallest absolute Gasteiger partial charge is 0.427 e. The molecule has 1 heterocycles. The zero-order valence-electron chi connectivity index (χ0n) is 15.2. The molecular formula is C12H12B6F6N2O2. The van der Waals surface area contributed by atoms with E-state index in [0.29, 0.717) is 0 Å². The molecule has 0 aromatic rings. The number of hydrogen-bond acceptors (Lipinski definition) is 3. The summed E-state index contributed by atoms with van der Waals surface area (Å²) in [6.07, 6.45) is -18.7. The molecule has 0 aromatic carbocycles. The largest absolute Gasteiger partial charge is 0.434 e. The molecule has 0 spiro atoms. The SMILES string of the molecule is [B]C1C([B])N(C(C)(C)C)C([B])([B])C([B])([B])N1C(=O)OC(C(F)(F)F)C(F)(F)F. The van der Waals surface area contributed by atoms with Crippen molar-refractivity contribution in [2.24, 2.45) is 0 Å². The van der Waals surface area contributed by atoms with E-state index in [1.807, 2.05) is 0 Å². The number of rotatable bonds is 1.